The second-order valence-corrected chi connectivity index (χ2v) is 7.91. The third-order valence-corrected chi connectivity index (χ3v) is 5.74. The van der Waals surface area contributed by atoms with Gasteiger partial charge in [0.1, 0.15) is 5.75 Å². The fourth-order valence-electron chi connectivity index (χ4n) is 2.76. The van der Waals surface area contributed by atoms with Gasteiger partial charge in [0.15, 0.2) is 0 Å². The van der Waals surface area contributed by atoms with E-state index in [-0.39, 0.29) is 11.8 Å². The molecule has 0 heterocycles. The molecule has 2 rings (SSSR count). The number of rotatable bonds is 6. The number of hydrogen-bond donors (Lipinski definition) is 1. The zero-order valence-electron chi connectivity index (χ0n) is 13.8. The number of phenols is 1. The molecule has 24 heavy (non-hydrogen) atoms. The summed E-state index contributed by atoms with van der Waals surface area (Å²) in [5, 5.41) is 9.97. The first kappa shape index (κ1) is 19.5. The zero-order valence-corrected chi connectivity index (χ0v) is 18.1. The molecule has 1 atom stereocenters. The first-order valence-electron chi connectivity index (χ1n) is 7.98. The van der Waals surface area contributed by atoms with Crippen LogP contribution >= 0.6 is 45.2 Å². The van der Waals surface area contributed by atoms with Crippen LogP contribution in [-0.4, -0.2) is 29.0 Å². The Labute approximate surface area is 170 Å². The van der Waals surface area contributed by atoms with Gasteiger partial charge < -0.3 is 10.0 Å². The maximum Gasteiger partial charge on any atom is 0.230 e. The van der Waals surface area contributed by atoms with E-state index in [9.17, 15) is 9.90 Å². The molecule has 0 aromatic heterocycles. The number of amides is 1. The van der Waals surface area contributed by atoms with Gasteiger partial charge in [-0.3, -0.25) is 4.79 Å². The maximum absolute atomic E-state index is 13.0. The molecule has 0 saturated heterocycles. The van der Waals surface area contributed by atoms with Gasteiger partial charge in [-0.1, -0.05) is 30.3 Å². The van der Waals surface area contributed by atoms with E-state index in [0.717, 1.165) is 18.3 Å². The van der Waals surface area contributed by atoms with Gasteiger partial charge >= 0.3 is 0 Å². The highest BCUT2D eigenvalue weighted by Gasteiger charge is 2.25. The smallest absolute Gasteiger partial charge is 0.230 e. The Morgan fingerprint density at radius 2 is 1.62 bits per heavy atom. The lowest BCUT2D eigenvalue weighted by Gasteiger charge is -2.26. The van der Waals surface area contributed by atoms with E-state index < -0.39 is 0 Å². The van der Waals surface area contributed by atoms with E-state index in [1.165, 1.54) is 0 Å². The summed E-state index contributed by atoms with van der Waals surface area (Å²) in [6.07, 6.45) is 0.631. The van der Waals surface area contributed by atoms with Crippen molar-refractivity contribution in [2.45, 2.75) is 26.2 Å². The molecule has 5 heteroatoms. The Morgan fingerprint density at radius 3 is 2.12 bits per heavy atom. The fraction of sp³-hybridized carbons (Fsp3) is 0.316. The molecule has 0 aliphatic rings. The summed E-state index contributed by atoms with van der Waals surface area (Å²) in [4.78, 5) is 14.9. The molecule has 2 aromatic rings. The van der Waals surface area contributed by atoms with Crippen molar-refractivity contribution < 1.29 is 9.90 Å². The minimum atomic E-state index is -0.206. The van der Waals surface area contributed by atoms with Crippen molar-refractivity contribution in [2.75, 3.05) is 13.1 Å². The summed E-state index contributed by atoms with van der Waals surface area (Å²) >= 11 is 4.26. The minimum Gasteiger partial charge on any atom is -0.506 e. The molecule has 0 fully saturated rings. The number of likely N-dealkylation sites (N-methyl/N-ethyl adjacent to an activating group) is 1. The van der Waals surface area contributed by atoms with Gasteiger partial charge in [0.05, 0.1) is 13.1 Å². The van der Waals surface area contributed by atoms with Crippen LogP contribution in [-0.2, 0) is 11.2 Å². The Morgan fingerprint density at radius 1 is 1.08 bits per heavy atom. The van der Waals surface area contributed by atoms with Crippen molar-refractivity contribution in [3.8, 4) is 5.75 Å². The number of aromatic hydroxyl groups is 1. The van der Waals surface area contributed by atoms with Crippen molar-refractivity contribution in [2.24, 2.45) is 0 Å². The lowest BCUT2D eigenvalue weighted by atomic mass is 9.90. The molecule has 3 nitrogen and oxygen atoms in total. The molecule has 0 saturated carbocycles. The lowest BCUT2D eigenvalue weighted by Crippen LogP contribution is -2.35. The molecular weight excluding hydrogens is 528 g/mol. The molecule has 128 valence electrons. The van der Waals surface area contributed by atoms with Crippen LogP contribution in [0.1, 0.15) is 30.9 Å². The van der Waals surface area contributed by atoms with Crippen LogP contribution in [0.4, 0.5) is 0 Å². The van der Waals surface area contributed by atoms with Gasteiger partial charge in [0.2, 0.25) is 5.91 Å². The highest BCUT2D eigenvalue weighted by Crippen LogP contribution is 2.30. The van der Waals surface area contributed by atoms with Crippen molar-refractivity contribution in [3.63, 3.8) is 0 Å². The highest BCUT2D eigenvalue weighted by molar-refractivity contribution is 14.1. The van der Waals surface area contributed by atoms with Gasteiger partial charge in [-0.15, -0.1) is 0 Å². The zero-order chi connectivity index (χ0) is 17.7. The molecule has 2 aromatic carbocycles. The van der Waals surface area contributed by atoms with Crippen LogP contribution in [0.3, 0.4) is 0 Å². The molecule has 0 aliphatic carbocycles. The van der Waals surface area contributed by atoms with E-state index in [0.29, 0.717) is 25.3 Å². The predicted molar refractivity (Wildman–Crippen MR) is 114 cm³/mol. The van der Waals surface area contributed by atoms with Crippen molar-refractivity contribution >= 4 is 51.1 Å². The monoisotopic (exact) mass is 549 g/mol. The van der Waals surface area contributed by atoms with Crippen LogP contribution in [0.5, 0.6) is 5.75 Å². The summed E-state index contributed by atoms with van der Waals surface area (Å²) in [5.41, 5.74) is 2.10. The molecular formula is C19H21I2NO2. The van der Waals surface area contributed by atoms with Gasteiger partial charge in [-0.25, -0.2) is 0 Å². The average molecular weight is 549 g/mol. The van der Waals surface area contributed by atoms with E-state index in [2.05, 4.69) is 45.2 Å². The van der Waals surface area contributed by atoms with Gasteiger partial charge in [0.25, 0.3) is 0 Å². The molecule has 0 spiro atoms. The van der Waals surface area contributed by atoms with E-state index in [4.69, 9.17) is 0 Å². The summed E-state index contributed by atoms with van der Waals surface area (Å²) in [6, 6.07) is 13.9. The largest absolute Gasteiger partial charge is 0.506 e. The third kappa shape index (κ3) is 4.62. The van der Waals surface area contributed by atoms with Crippen molar-refractivity contribution in [1.29, 1.82) is 0 Å². The standard InChI is InChI=1S/C19H21I2NO2/c1-3-22(4-2)19(24)15(14-8-6-5-7-9-14)10-13-11-16(20)18(23)17(21)12-13/h5-9,11-12,15,23H,3-4,10H2,1-2H3/t15-/m0/s1. The maximum atomic E-state index is 13.0. The van der Waals surface area contributed by atoms with Crippen molar-refractivity contribution in [3.05, 3.63) is 60.7 Å². The number of halogens is 2. The average Bonchev–Trinajstić information content (AvgIpc) is 2.59. The number of nitrogens with zero attached hydrogens (tertiary/aromatic N) is 1. The van der Waals surface area contributed by atoms with Crippen LogP contribution in [0.15, 0.2) is 42.5 Å². The minimum absolute atomic E-state index is 0.157. The summed E-state index contributed by atoms with van der Waals surface area (Å²) < 4.78 is 1.63. The highest BCUT2D eigenvalue weighted by atomic mass is 127. The second kappa shape index (κ2) is 9.03. The van der Waals surface area contributed by atoms with Crippen LogP contribution in [0.25, 0.3) is 0 Å². The summed E-state index contributed by atoms with van der Waals surface area (Å²) in [5.74, 6) is 0.262. The second-order valence-electron chi connectivity index (χ2n) is 5.59. The Kier molecular flexibility index (Phi) is 7.34. The number of phenolic OH excluding ortho intramolecular Hbond substituents is 1. The molecule has 0 bridgehead atoms. The fourth-order valence-corrected chi connectivity index (χ4v) is 4.66. The summed E-state index contributed by atoms with van der Waals surface area (Å²) in [7, 11) is 0. The van der Waals surface area contributed by atoms with Crippen molar-refractivity contribution in [1.82, 2.24) is 4.90 Å². The molecule has 1 amide bonds. The SMILES string of the molecule is CCN(CC)C(=O)[C@@H](Cc1cc(I)c(O)c(I)c1)c1ccccc1. The number of carbonyl (C=O) groups excluding carboxylic acids is 1. The predicted octanol–water partition coefficient (Wildman–Crippen LogP) is 4.80. The first-order valence-corrected chi connectivity index (χ1v) is 10.1. The normalized spacial score (nSPS) is 12.0. The number of benzene rings is 2. The Balaban J connectivity index is 2.38. The van der Waals surface area contributed by atoms with Crippen LogP contribution < -0.4 is 0 Å². The molecule has 0 aliphatic heterocycles. The quantitative estimate of drug-likeness (QED) is 0.527. The van der Waals surface area contributed by atoms with E-state index >= 15 is 0 Å². The number of hydrogen-bond acceptors (Lipinski definition) is 2. The van der Waals surface area contributed by atoms with Crippen LogP contribution in [0.2, 0.25) is 0 Å². The first-order chi connectivity index (χ1) is 11.5. The van der Waals surface area contributed by atoms with E-state index in [1.54, 1.807) is 0 Å². The number of carbonyl (C=O) groups is 1. The van der Waals surface area contributed by atoms with Gasteiger partial charge in [-0.2, -0.15) is 0 Å². The van der Waals surface area contributed by atoms with Crippen LogP contribution in [0, 0.1) is 7.14 Å². The Bertz CT molecular complexity index is 677. The Hall–Kier alpha value is -0.830. The molecule has 1 N–H and O–H groups in total. The lowest BCUT2D eigenvalue weighted by molar-refractivity contribution is -0.132. The molecule has 0 radical (unpaired) electrons. The van der Waals surface area contributed by atoms with Gasteiger partial charge in [0, 0.05) is 13.1 Å². The topological polar surface area (TPSA) is 40.5 Å². The molecule has 0 unspecified atom stereocenters. The van der Waals surface area contributed by atoms with E-state index in [1.807, 2.05) is 61.2 Å². The van der Waals surface area contributed by atoms with Gasteiger partial charge in [-0.05, 0) is 88.7 Å². The third-order valence-electron chi connectivity index (χ3n) is 4.09. The summed E-state index contributed by atoms with van der Waals surface area (Å²) in [6.45, 7) is 5.44.